The number of hydrogen-bond acceptors (Lipinski definition) is 5. The highest BCUT2D eigenvalue weighted by atomic mass is 32.2. The maximum atomic E-state index is 13.1. The number of hydrogen-bond donors (Lipinski definition) is 0. The van der Waals surface area contributed by atoms with Crippen molar-refractivity contribution >= 4 is 15.8 Å². The normalized spacial score (nSPS) is 11.3. The molecule has 134 valence electrons. The summed E-state index contributed by atoms with van der Waals surface area (Å²) in [4.78, 5) is 12.3. The van der Waals surface area contributed by atoms with E-state index in [4.69, 9.17) is 4.74 Å². The van der Waals surface area contributed by atoms with E-state index in [1.54, 1.807) is 12.1 Å². The van der Waals surface area contributed by atoms with Gasteiger partial charge < -0.3 is 4.74 Å². The van der Waals surface area contributed by atoms with Gasteiger partial charge in [-0.1, -0.05) is 12.1 Å². The summed E-state index contributed by atoms with van der Waals surface area (Å²) in [5, 5.41) is 4.39. The fourth-order valence-electron chi connectivity index (χ4n) is 2.43. The molecular weight excluding hydrogens is 359 g/mol. The van der Waals surface area contributed by atoms with Crippen molar-refractivity contribution in [1.82, 2.24) is 9.78 Å². The minimum atomic E-state index is -3.33. The van der Waals surface area contributed by atoms with E-state index in [2.05, 4.69) is 5.10 Å². The summed E-state index contributed by atoms with van der Waals surface area (Å²) in [5.41, 5.74) is 1.67. The van der Waals surface area contributed by atoms with Gasteiger partial charge in [0.15, 0.2) is 9.84 Å². The molecule has 8 heteroatoms. The smallest absolute Gasteiger partial charge is 0.341 e. The number of carbonyl (C=O) groups is 1. The summed E-state index contributed by atoms with van der Waals surface area (Å²) in [6.07, 6.45) is 2.60. The zero-order valence-corrected chi connectivity index (χ0v) is 14.8. The Balaban J connectivity index is 2.10. The molecular formula is C18H15FN2O4S. The van der Waals surface area contributed by atoms with Crippen molar-refractivity contribution in [3.63, 3.8) is 0 Å². The number of esters is 1. The summed E-state index contributed by atoms with van der Waals surface area (Å²) < 4.78 is 42.5. The molecule has 1 aromatic heterocycles. The minimum absolute atomic E-state index is 0.166. The average Bonchev–Trinajstić information content (AvgIpc) is 3.06. The molecule has 3 rings (SSSR count). The number of halogens is 1. The van der Waals surface area contributed by atoms with Crippen LogP contribution in [0.2, 0.25) is 0 Å². The maximum absolute atomic E-state index is 13.1. The lowest BCUT2D eigenvalue weighted by Crippen LogP contribution is -2.02. The van der Waals surface area contributed by atoms with E-state index < -0.39 is 15.8 Å². The van der Waals surface area contributed by atoms with Crippen LogP contribution < -0.4 is 0 Å². The molecule has 0 bridgehead atoms. The lowest BCUT2D eigenvalue weighted by molar-refractivity contribution is 0.0601. The monoisotopic (exact) mass is 374 g/mol. The predicted octanol–water partition coefficient (Wildman–Crippen LogP) is 2.87. The van der Waals surface area contributed by atoms with Crippen molar-refractivity contribution in [2.45, 2.75) is 4.90 Å². The summed E-state index contributed by atoms with van der Waals surface area (Å²) in [5.74, 6) is -0.966. The van der Waals surface area contributed by atoms with E-state index in [1.165, 1.54) is 54.4 Å². The number of methoxy groups -OCH3 is 1. The van der Waals surface area contributed by atoms with E-state index in [0.717, 1.165) is 6.26 Å². The van der Waals surface area contributed by atoms with Crippen molar-refractivity contribution in [2.24, 2.45) is 0 Å². The van der Waals surface area contributed by atoms with Gasteiger partial charge in [0.25, 0.3) is 0 Å². The molecule has 6 nitrogen and oxygen atoms in total. The first-order chi connectivity index (χ1) is 12.3. The topological polar surface area (TPSA) is 78.3 Å². The van der Waals surface area contributed by atoms with Crippen molar-refractivity contribution in [2.75, 3.05) is 13.4 Å². The standard InChI is InChI=1S/C18H15FN2O4S/c1-25-18(22)16-11-21(14-7-5-13(19)6-8-14)20-17(16)12-3-9-15(10-4-12)26(2,23)24/h3-11H,1-2H3. The molecule has 0 amide bonds. The van der Waals surface area contributed by atoms with Crippen LogP contribution in [0.3, 0.4) is 0 Å². The van der Waals surface area contributed by atoms with Crippen LogP contribution in [-0.2, 0) is 14.6 Å². The summed E-state index contributed by atoms with van der Waals surface area (Å²) in [6, 6.07) is 11.7. The van der Waals surface area contributed by atoms with Crippen LogP contribution in [-0.4, -0.2) is 37.5 Å². The molecule has 0 spiro atoms. The van der Waals surface area contributed by atoms with Gasteiger partial charge in [-0.05, 0) is 36.4 Å². The van der Waals surface area contributed by atoms with Gasteiger partial charge in [-0.2, -0.15) is 5.10 Å². The first-order valence-electron chi connectivity index (χ1n) is 7.54. The highest BCUT2D eigenvalue weighted by molar-refractivity contribution is 7.90. The second-order valence-corrected chi connectivity index (χ2v) is 7.62. The van der Waals surface area contributed by atoms with Crippen LogP contribution >= 0.6 is 0 Å². The minimum Gasteiger partial charge on any atom is -0.465 e. The molecule has 0 aliphatic carbocycles. The zero-order valence-electron chi connectivity index (χ0n) is 14.0. The van der Waals surface area contributed by atoms with Crippen LogP contribution in [0, 0.1) is 5.82 Å². The second-order valence-electron chi connectivity index (χ2n) is 5.60. The Morgan fingerprint density at radius 1 is 1.08 bits per heavy atom. The number of nitrogens with zero attached hydrogens (tertiary/aromatic N) is 2. The molecule has 1 heterocycles. The third-order valence-corrected chi connectivity index (χ3v) is 4.90. The molecule has 0 fully saturated rings. The molecule has 0 saturated carbocycles. The van der Waals surface area contributed by atoms with Gasteiger partial charge in [0.05, 0.1) is 17.7 Å². The fraction of sp³-hybridized carbons (Fsp3) is 0.111. The Morgan fingerprint density at radius 3 is 2.23 bits per heavy atom. The van der Waals surface area contributed by atoms with E-state index in [0.29, 0.717) is 16.9 Å². The van der Waals surface area contributed by atoms with Crippen LogP contribution in [0.25, 0.3) is 16.9 Å². The molecule has 0 aliphatic rings. The molecule has 0 unspecified atom stereocenters. The number of sulfone groups is 1. The Morgan fingerprint density at radius 2 is 1.69 bits per heavy atom. The molecule has 2 aromatic carbocycles. The molecule has 0 saturated heterocycles. The van der Waals surface area contributed by atoms with Gasteiger partial charge in [-0.3, -0.25) is 0 Å². The predicted molar refractivity (Wildman–Crippen MR) is 93.4 cm³/mol. The third kappa shape index (κ3) is 3.50. The van der Waals surface area contributed by atoms with Gasteiger partial charge >= 0.3 is 5.97 Å². The highest BCUT2D eigenvalue weighted by Gasteiger charge is 2.19. The van der Waals surface area contributed by atoms with Crippen molar-refractivity contribution < 1.29 is 22.3 Å². The Bertz CT molecular complexity index is 1060. The molecule has 26 heavy (non-hydrogen) atoms. The second kappa shape index (κ2) is 6.72. The van der Waals surface area contributed by atoms with Crippen molar-refractivity contribution in [3.05, 3.63) is 66.1 Å². The van der Waals surface area contributed by atoms with E-state index in [1.807, 2.05) is 0 Å². The Labute approximate surface area is 149 Å². The summed E-state index contributed by atoms with van der Waals surface area (Å²) >= 11 is 0. The molecule has 3 aromatic rings. The van der Waals surface area contributed by atoms with Gasteiger partial charge in [0, 0.05) is 18.0 Å². The van der Waals surface area contributed by atoms with Gasteiger partial charge in [-0.25, -0.2) is 22.3 Å². The number of ether oxygens (including phenoxy) is 1. The first kappa shape index (κ1) is 17.8. The van der Waals surface area contributed by atoms with Crippen LogP contribution in [0.5, 0.6) is 0 Å². The van der Waals surface area contributed by atoms with Crippen LogP contribution in [0.1, 0.15) is 10.4 Å². The van der Waals surface area contributed by atoms with Crippen LogP contribution in [0.15, 0.2) is 59.6 Å². The van der Waals surface area contributed by atoms with Crippen LogP contribution in [0.4, 0.5) is 4.39 Å². The SMILES string of the molecule is COC(=O)c1cn(-c2ccc(F)cc2)nc1-c1ccc(S(C)(=O)=O)cc1. The fourth-order valence-corrected chi connectivity index (χ4v) is 3.06. The van der Waals surface area contributed by atoms with Crippen molar-refractivity contribution in [1.29, 1.82) is 0 Å². The van der Waals surface area contributed by atoms with Gasteiger partial charge in [0.1, 0.15) is 17.1 Å². The summed E-state index contributed by atoms with van der Waals surface area (Å²) in [6.45, 7) is 0. The Kier molecular flexibility index (Phi) is 4.60. The largest absolute Gasteiger partial charge is 0.465 e. The van der Waals surface area contributed by atoms with E-state index in [9.17, 15) is 17.6 Å². The molecule has 0 radical (unpaired) electrons. The maximum Gasteiger partial charge on any atom is 0.341 e. The Hall–Kier alpha value is -3.00. The number of aromatic nitrogens is 2. The molecule has 0 atom stereocenters. The number of carbonyl (C=O) groups excluding carboxylic acids is 1. The summed E-state index contributed by atoms with van der Waals surface area (Å²) in [7, 11) is -2.07. The van der Waals surface area contributed by atoms with E-state index in [-0.39, 0.29) is 16.3 Å². The van der Waals surface area contributed by atoms with Gasteiger partial charge in [0.2, 0.25) is 0 Å². The first-order valence-corrected chi connectivity index (χ1v) is 9.43. The quantitative estimate of drug-likeness (QED) is 0.656. The highest BCUT2D eigenvalue weighted by Crippen LogP contribution is 2.26. The number of rotatable bonds is 4. The number of benzene rings is 2. The molecule has 0 aliphatic heterocycles. The third-order valence-electron chi connectivity index (χ3n) is 3.77. The van der Waals surface area contributed by atoms with Gasteiger partial charge in [-0.15, -0.1) is 0 Å². The van der Waals surface area contributed by atoms with E-state index >= 15 is 0 Å². The lowest BCUT2D eigenvalue weighted by atomic mass is 10.1. The average molecular weight is 374 g/mol. The molecule has 0 N–H and O–H groups in total. The zero-order chi connectivity index (χ0) is 18.9. The lowest BCUT2D eigenvalue weighted by Gasteiger charge is -2.03. The van der Waals surface area contributed by atoms with Crippen molar-refractivity contribution in [3.8, 4) is 16.9 Å².